The molecule has 0 N–H and O–H groups in total. The largest absolute Gasteiger partial charge is 0.466 e. The molecule has 1 saturated heterocycles. The Balaban J connectivity index is 2.44. The van der Waals surface area contributed by atoms with Gasteiger partial charge >= 0.3 is 5.97 Å². The first kappa shape index (κ1) is 12.1. The van der Waals surface area contributed by atoms with E-state index in [1.165, 1.54) is 32.4 Å². The molecule has 0 aromatic heterocycles. The predicted molar refractivity (Wildman–Crippen MR) is 60.4 cm³/mol. The fourth-order valence-corrected chi connectivity index (χ4v) is 1.83. The van der Waals surface area contributed by atoms with Crippen LogP contribution in [0.4, 0.5) is 0 Å². The van der Waals surface area contributed by atoms with Crippen molar-refractivity contribution in [2.24, 2.45) is 5.41 Å². The molecule has 1 aliphatic rings. The van der Waals surface area contributed by atoms with Gasteiger partial charge in [0.2, 0.25) is 0 Å². The second-order valence-electron chi connectivity index (χ2n) is 4.89. The molecule has 0 amide bonds. The summed E-state index contributed by atoms with van der Waals surface area (Å²) in [7, 11) is 1.40. The van der Waals surface area contributed by atoms with Gasteiger partial charge in [0.25, 0.3) is 0 Å². The summed E-state index contributed by atoms with van der Waals surface area (Å²) in [5, 5.41) is 0. The quantitative estimate of drug-likeness (QED) is 0.518. The number of likely N-dealkylation sites (tertiary alicyclic amines) is 1. The highest BCUT2D eigenvalue weighted by Crippen LogP contribution is 2.29. The summed E-state index contributed by atoms with van der Waals surface area (Å²) in [6, 6.07) is 0. The average molecular weight is 211 g/mol. The minimum atomic E-state index is -0.279. The van der Waals surface area contributed by atoms with Crippen molar-refractivity contribution >= 4 is 5.97 Å². The van der Waals surface area contributed by atoms with E-state index in [0.717, 1.165) is 13.1 Å². The number of hydrogen-bond donors (Lipinski definition) is 0. The lowest BCUT2D eigenvalue weighted by atomic mass is 9.85. The molecule has 0 aliphatic carbocycles. The van der Waals surface area contributed by atoms with Gasteiger partial charge in [-0.05, 0) is 24.7 Å². The van der Waals surface area contributed by atoms with Crippen LogP contribution < -0.4 is 0 Å². The van der Waals surface area contributed by atoms with Crippen molar-refractivity contribution in [1.82, 2.24) is 4.90 Å². The topological polar surface area (TPSA) is 29.5 Å². The van der Waals surface area contributed by atoms with Gasteiger partial charge in [-0.1, -0.05) is 13.8 Å². The third-order valence-electron chi connectivity index (χ3n) is 3.00. The molecule has 0 aromatic carbocycles. The van der Waals surface area contributed by atoms with Crippen LogP contribution in [0.25, 0.3) is 0 Å². The van der Waals surface area contributed by atoms with E-state index >= 15 is 0 Å². The van der Waals surface area contributed by atoms with Gasteiger partial charge < -0.3 is 9.64 Å². The zero-order chi connectivity index (χ0) is 11.3. The van der Waals surface area contributed by atoms with Crippen LogP contribution in [0, 0.1) is 5.41 Å². The van der Waals surface area contributed by atoms with E-state index in [9.17, 15) is 4.79 Å². The Morgan fingerprint density at radius 1 is 1.33 bits per heavy atom. The molecule has 1 aliphatic heterocycles. The number of esters is 1. The molecular weight excluding hydrogens is 190 g/mol. The number of carbonyl (C=O) groups excluding carboxylic acids is 1. The highest BCUT2D eigenvalue weighted by atomic mass is 16.5. The zero-order valence-electron chi connectivity index (χ0n) is 9.95. The summed E-state index contributed by atoms with van der Waals surface area (Å²) in [4.78, 5) is 13.1. The number of nitrogens with zero attached hydrogens (tertiary/aromatic N) is 1. The molecule has 15 heavy (non-hydrogen) atoms. The Hall–Kier alpha value is -0.990. The third-order valence-corrected chi connectivity index (χ3v) is 3.00. The standard InChI is InChI=1S/C12H21NO2/c1-12(2)6-4-8-13(10-7-12)9-5-11(14)15-3/h5,9H,4,6-8,10H2,1-3H3. The second-order valence-corrected chi connectivity index (χ2v) is 4.89. The van der Waals surface area contributed by atoms with Crippen molar-refractivity contribution < 1.29 is 9.53 Å². The highest BCUT2D eigenvalue weighted by molar-refractivity contribution is 5.81. The van der Waals surface area contributed by atoms with Crippen LogP contribution in [0.2, 0.25) is 0 Å². The molecule has 3 heteroatoms. The van der Waals surface area contributed by atoms with E-state index in [1.54, 1.807) is 0 Å². The molecule has 3 nitrogen and oxygen atoms in total. The monoisotopic (exact) mass is 211 g/mol. The molecular formula is C12H21NO2. The number of carbonyl (C=O) groups is 1. The average Bonchev–Trinajstić information content (AvgIpc) is 2.36. The first-order valence-electron chi connectivity index (χ1n) is 5.54. The molecule has 0 bridgehead atoms. The van der Waals surface area contributed by atoms with Crippen molar-refractivity contribution in [2.45, 2.75) is 33.1 Å². The maximum Gasteiger partial charge on any atom is 0.331 e. The van der Waals surface area contributed by atoms with Gasteiger partial charge in [-0.3, -0.25) is 0 Å². The number of methoxy groups -OCH3 is 1. The van der Waals surface area contributed by atoms with Crippen LogP contribution in [-0.2, 0) is 9.53 Å². The Bertz CT molecular complexity index is 246. The lowest BCUT2D eigenvalue weighted by Crippen LogP contribution is -2.20. The predicted octanol–water partition coefficient (Wildman–Crippen LogP) is 2.19. The van der Waals surface area contributed by atoms with Crippen LogP contribution in [0.3, 0.4) is 0 Å². The van der Waals surface area contributed by atoms with Gasteiger partial charge in [-0.2, -0.15) is 0 Å². The van der Waals surface area contributed by atoms with E-state index < -0.39 is 0 Å². The third kappa shape index (κ3) is 4.36. The van der Waals surface area contributed by atoms with Crippen LogP contribution in [0.1, 0.15) is 33.1 Å². The normalized spacial score (nSPS) is 21.4. The van der Waals surface area contributed by atoms with E-state index in [-0.39, 0.29) is 5.97 Å². The van der Waals surface area contributed by atoms with Crippen LogP contribution in [0.5, 0.6) is 0 Å². The van der Waals surface area contributed by atoms with Gasteiger partial charge in [0.05, 0.1) is 7.11 Å². The second kappa shape index (κ2) is 5.19. The minimum Gasteiger partial charge on any atom is -0.466 e. The van der Waals surface area contributed by atoms with Crippen LogP contribution in [0.15, 0.2) is 12.3 Å². The fraction of sp³-hybridized carbons (Fsp3) is 0.750. The van der Waals surface area contributed by atoms with Crippen molar-refractivity contribution in [1.29, 1.82) is 0 Å². The molecule has 0 atom stereocenters. The first-order chi connectivity index (χ1) is 7.03. The highest BCUT2D eigenvalue weighted by Gasteiger charge is 2.21. The van der Waals surface area contributed by atoms with Crippen LogP contribution >= 0.6 is 0 Å². The smallest absolute Gasteiger partial charge is 0.331 e. The summed E-state index contributed by atoms with van der Waals surface area (Å²) in [5.41, 5.74) is 0.438. The molecule has 0 spiro atoms. The first-order valence-corrected chi connectivity index (χ1v) is 5.54. The Labute approximate surface area is 92.1 Å². The SMILES string of the molecule is COC(=O)C=CN1CCCC(C)(C)CC1. The number of rotatable bonds is 2. The minimum absolute atomic E-state index is 0.279. The lowest BCUT2D eigenvalue weighted by Gasteiger charge is -2.22. The van der Waals surface area contributed by atoms with Gasteiger partial charge in [0, 0.05) is 25.4 Å². The molecule has 0 aromatic rings. The molecule has 0 radical (unpaired) electrons. The number of hydrogen-bond acceptors (Lipinski definition) is 3. The Morgan fingerprint density at radius 2 is 2.07 bits per heavy atom. The van der Waals surface area contributed by atoms with Crippen molar-refractivity contribution in [3.63, 3.8) is 0 Å². The molecule has 86 valence electrons. The molecule has 1 rings (SSSR count). The van der Waals surface area contributed by atoms with E-state index in [1.807, 2.05) is 6.20 Å². The summed E-state index contributed by atoms with van der Waals surface area (Å²) in [5.74, 6) is -0.279. The van der Waals surface area contributed by atoms with Gasteiger partial charge in [0.15, 0.2) is 0 Å². The summed E-state index contributed by atoms with van der Waals surface area (Å²) >= 11 is 0. The van der Waals surface area contributed by atoms with Crippen molar-refractivity contribution in [3.8, 4) is 0 Å². The molecule has 1 fully saturated rings. The summed E-state index contributed by atoms with van der Waals surface area (Å²) in [6.07, 6.45) is 6.98. The van der Waals surface area contributed by atoms with Crippen LogP contribution in [-0.4, -0.2) is 31.1 Å². The number of ether oxygens (including phenoxy) is 1. The fourth-order valence-electron chi connectivity index (χ4n) is 1.83. The molecule has 0 unspecified atom stereocenters. The van der Waals surface area contributed by atoms with Crippen molar-refractivity contribution in [2.75, 3.05) is 20.2 Å². The molecule has 1 heterocycles. The van der Waals surface area contributed by atoms with E-state index in [2.05, 4.69) is 23.5 Å². The van der Waals surface area contributed by atoms with Gasteiger partial charge in [-0.25, -0.2) is 4.79 Å². The Morgan fingerprint density at radius 3 is 2.73 bits per heavy atom. The van der Waals surface area contributed by atoms with Crippen molar-refractivity contribution in [3.05, 3.63) is 12.3 Å². The lowest BCUT2D eigenvalue weighted by molar-refractivity contribution is -0.134. The van der Waals surface area contributed by atoms with E-state index in [0.29, 0.717) is 5.41 Å². The Kier molecular flexibility index (Phi) is 4.18. The summed E-state index contributed by atoms with van der Waals surface area (Å²) < 4.78 is 4.56. The maximum absolute atomic E-state index is 10.9. The maximum atomic E-state index is 10.9. The van der Waals surface area contributed by atoms with Gasteiger partial charge in [-0.15, -0.1) is 0 Å². The van der Waals surface area contributed by atoms with Gasteiger partial charge in [0.1, 0.15) is 0 Å². The zero-order valence-corrected chi connectivity index (χ0v) is 9.95. The van der Waals surface area contributed by atoms with E-state index in [4.69, 9.17) is 0 Å². The molecule has 0 saturated carbocycles. The summed E-state index contributed by atoms with van der Waals surface area (Å²) in [6.45, 7) is 6.68.